The number of rotatable bonds is 3. The highest BCUT2D eigenvalue weighted by Gasteiger charge is 2.18. The number of nitrogens with one attached hydrogen (secondary N) is 1. The Kier molecular flexibility index (Phi) is 3.95. The lowest BCUT2D eigenvalue weighted by Crippen LogP contribution is -2.30. The third-order valence-electron chi connectivity index (χ3n) is 4.13. The van der Waals surface area contributed by atoms with Crippen molar-refractivity contribution in [2.24, 2.45) is 0 Å². The molecule has 1 aliphatic heterocycles. The van der Waals surface area contributed by atoms with E-state index in [4.69, 9.17) is 16.7 Å². The molecule has 3 aromatic rings. The molecule has 0 atom stereocenters. The number of H-pyrrole nitrogens is 1. The summed E-state index contributed by atoms with van der Waals surface area (Å²) in [6.45, 7) is 2.41. The highest BCUT2D eigenvalue weighted by molar-refractivity contribution is 7.71. The summed E-state index contributed by atoms with van der Waals surface area (Å²) in [7, 11) is 0. The van der Waals surface area contributed by atoms with Gasteiger partial charge < -0.3 is 9.51 Å². The van der Waals surface area contributed by atoms with Crippen LogP contribution in [0, 0.1) is 10.6 Å². The molecule has 0 saturated carbocycles. The van der Waals surface area contributed by atoms with Gasteiger partial charge in [-0.15, -0.1) is 0 Å². The van der Waals surface area contributed by atoms with Crippen molar-refractivity contribution in [1.29, 1.82) is 0 Å². The number of benzene rings is 1. The first-order valence-electron chi connectivity index (χ1n) is 7.68. The summed E-state index contributed by atoms with van der Waals surface area (Å²) < 4.78 is 18.9. The number of halogens is 1. The molecule has 0 bridgehead atoms. The monoisotopic (exact) mass is 342 g/mol. The van der Waals surface area contributed by atoms with Crippen molar-refractivity contribution < 1.29 is 8.91 Å². The molecule has 0 unspecified atom stereocenters. The quantitative estimate of drug-likeness (QED) is 0.739. The zero-order chi connectivity index (χ0) is 16.5. The predicted octanol–water partition coefficient (Wildman–Crippen LogP) is 3.49. The van der Waals surface area contributed by atoms with Gasteiger partial charge in [-0.25, -0.2) is 9.37 Å². The minimum absolute atomic E-state index is 0.266. The van der Waals surface area contributed by atoms with Crippen LogP contribution in [0.3, 0.4) is 0 Å². The second-order valence-corrected chi connectivity index (χ2v) is 6.23. The van der Waals surface area contributed by atoms with Crippen LogP contribution < -0.4 is 0 Å². The molecule has 0 radical (unpaired) electrons. The van der Waals surface area contributed by atoms with Crippen LogP contribution >= 0.6 is 12.2 Å². The lowest BCUT2D eigenvalue weighted by molar-refractivity contribution is 0.235. The molecule has 24 heavy (non-hydrogen) atoms. The van der Waals surface area contributed by atoms with Crippen LogP contribution in [0.25, 0.3) is 11.3 Å². The first-order valence-corrected chi connectivity index (χ1v) is 8.09. The molecule has 0 amide bonds. The third-order valence-corrected chi connectivity index (χ3v) is 4.34. The number of hydrogen-bond acceptors (Lipinski definition) is 5. The molecule has 0 fully saturated rings. The predicted molar refractivity (Wildman–Crippen MR) is 89.1 cm³/mol. The second kappa shape index (κ2) is 6.26. The molecule has 7 heteroatoms. The van der Waals surface area contributed by atoms with Crippen LogP contribution in [0.5, 0.6) is 0 Å². The first kappa shape index (κ1) is 15.2. The Morgan fingerprint density at radius 2 is 2.12 bits per heavy atom. The van der Waals surface area contributed by atoms with Crippen molar-refractivity contribution in [2.75, 3.05) is 6.54 Å². The fourth-order valence-electron chi connectivity index (χ4n) is 2.91. The van der Waals surface area contributed by atoms with E-state index in [1.807, 2.05) is 12.3 Å². The molecular formula is C17H15FN4OS. The van der Waals surface area contributed by atoms with Crippen molar-refractivity contribution in [2.45, 2.75) is 19.5 Å². The Morgan fingerprint density at radius 1 is 1.29 bits per heavy atom. The van der Waals surface area contributed by atoms with Crippen LogP contribution in [-0.4, -0.2) is 26.6 Å². The summed E-state index contributed by atoms with van der Waals surface area (Å²) in [5.74, 6) is 0.381. The summed E-state index contributed by atoms with van der Waals surface area (Å²) in [5.41, 5.74) is 4.00. The Balaban J connectivity index is 1.48. The van der Waals surface area contributed by atoms with E-state index < -0.39 is 0 Å². The molecule has 0 spiro atoms. The fraction of sp³-hybridized carbons (Fsp3) is 0.235. The third kappa shape index (κ3) is 3.13. The average Bonchev–Trinajstić information content (AvgIpc) is 3.04. The first-order chi connectivity index (χ1) is 11.7. The molecular weight excluding hydrogens is 327 g/mol. The maximum Gasteiger partial charge on any atom is 0.196 e. The van der Waals surface area contributed by atoms with Gasteiger partial charge in [-0.1, -0.05) is 5.16 Å². The second-order valence-electron chi connectivity index (χ2n) is 5.84. The average molecular weight is 342 g/mol. The van der Waals surface area contributed by atoms with Gasteiger partial charge in [0.2, 0.25) is 0 Å². The Labute approximate surface area is 143 Å². The van der Waals surface area contributed by atoms with Gasteiger partial charge in [0.1, 0.15) is 5.82 Å². The topological polar surface area (TPSA) is 58.0 Å². The van der Waals surface area contributed by atoms with E-state index in [0.717, 1.165) is 36.3 Å². The Hall–Kier alpha value is -2.38. The molecule has 3 heterocycles. The zero-order valence-corrected chi connectivity index (χ0v) is 13.6. The summed E-state index contributed by atoms with van der Waals surface area (Å²) >= 11 is 5.06. The Morgan fingerprint density at radius 3 is 2.96 bits per heavy atom. The number of hydrogen-bond donors (Lipinski definition) is 1. The van der Waals surface area contributed by atoms with Crippen LogP contribution in [0.15, 0.2) is 41.1 Å². The molecule has 1 N–H and O–H groups in total. The summed E-state index contributed by atoms with van der Waals surface area (Å²) in [4.78, 5) is 9.59. The minimum atomic E-state index is -0.266. The van der Waals surface area contributed by atoms with Gasteiger partial charge in [-0.05, 0) is 36.5 Å². The van der Waals surface area contributed by atoms with Crippen molar-refractivity contribution in [1.82, 2.24) is 20.0 Å². The van der Waals surface area contributed by atoms with Crippen molar-refractivity contribution in [3.8, 4) is 11.3 Å². The van der Waals surface area contributed by atoms with E-state index in [0.29, 0.717) is 17.1 Å². The summed E-state index contributed by atoms with van der Waals surface area (Å²) in [6.07, 6.45) is 2.75. The molecule has 0 aliphatic carbocycles. The standard InChI is InChI=1S/C17H15FN4OS/c18-13-3-1-11(2-4-13)16-7-14(21-23-16)10-22-6-5-15-12(9-22)8-19-17(24)20-15/h1-4,7-8H,5-6,9-10H2,(H,19,20,24). The normalized spacial score (nSPS) is 14.5. The fourth-order valence-corrected chi connectivity index (χ4v) is 3.08. The number of fused-ring (bicyclic) bond motifs is 1. The van der Waals surface area contributed by atoms with Crippen LogP contribution in [-0.2, 0) is 19.5 Å². The van der Waals surface area contributed by atoms with Crippen LogP contribution in [0.4, 0.5) is 4.39 Å². The van der Waals surface area contributed by atoms with Crippen molar-refractivity contribution in [3.05, 3.63) is 64.1 Å². The van der Waals surface area contributed by atoms with Gasteiger partial charge in [-0.3, -0.25) is 4.90 Å². The maximum atomic E-state index is 13.0. The SMILES string of the molecule is Fc1ccc(-c2cc(CN3CCc4[nH]c(=S)ncc4C3)no2)cc1. The highest BCUT2D eigenvalue weighted by atomic mass is 32.1. The number of nitrogens with zero attached hydrogens (tertiary/aromatic N) is 3. The molecule has 1 aliphatic rings. The lowest BCUT2D eigenvalue weighted by atomic mass is 10.1. The number of aromatic amines is 1. The van der Waals surface area contributed by atoms with Gasteiger partial charge in [0.15, 0.2) is 10.5 Å². The van der Waals surface area contributed by atoms with Crippen molar-refractivity contribution >= 4 is 12.2 Å². The van der Waals surface area contributed by atoms with Gasteiger partial charge in [0, 0.05) is 55.1 Å². The summed E-state index contributed by atoms with van der Waals surface area (Å²) in [6, 6.07) is 8.10. The zero-order valence-electron chi connectivity index (χ0n) is 12.8. The van der Waals surface area contributed by atoms with Gasteiger partial charge in [0.25, 0.3) is 0 Å². The van der Waals surface area contributed by atoms with Gasteiger partial charge in [-0.2, -0.15) is 0 Å². The molecule has 0 saturated heterocycles. The van der Waals surface area contributed by atoms with E-state index in [1.165, 1.54) is 17.8 Å². The van der Waals surface area contributed by atoms with Gasteiger partial charge >= 0.3 is 0 Å². The van der Waals surface area contributed by atoms with Crippen molar-refractivity contribution in [3.63, 3.8) is 0 Å². The molecule has 1 aromatic carbocycles. The van der Waals surface area contributed by atoms with E-state index in [2.05, 4.69) is 20.0 Å². The lowest BCUT2D eigenvalue weighted by Gasteiger charge is -2.27. The van der Waals surface area contributed by atoms with E-state index >= 15 is 0 Å². The smallest absolute Gasteiger partial charge is 0.196 e. The summed E-state index contributed by atoms with van der Waals surface area (Å²) in [5, 5.41) is 4.13. The largest absolute Gasteiger partial charge is 0.356 e. The highest BCUT2D eigenvalue weighted by Crippen LogP contribution is 2.23. The maximum absolute atomic E-state index is 13.0. The minimum Gasteiger partial charge on any atom is -0.356 e. The van der Waals surface area contributed by atoms with Gasteiger partial charge in [0.05, 0.1) is 5.69 Å². The Bertz CT molecular complexity index is 919. The molecule has 122 valence electrons. The van der Waals surface area contributed by atoms with Crippen LogP contribution in [0.2, 0.25) is 0 Å². The molecule has 2 aromatic heterocycles. The van der Waals surface area contributed by atoms with E-state index in [1.54, 1.807) is 12.1 Å². The van der Waals surface area contributed by atoms with Crippen LogP contribution in [0.1, 0.15) is 17.0 Å². The number of aromatic nitrogens is 3. The van der Waals surface area contributed by atoms with E-state index in [9.17, 15) is 4.39 Å². The van der Waals surface area contributed by atoms with E-state index in [-0.39, 0.29) is 5.82 Å². The molecule has 5 nitrogen and oxygen atoms in total. The molecule has 4 rings (SSSR count).